The molecule has 0 aliphatic heterocycles. The molecule has 0 saturated heterocycles. The Morgan fingerprint density at radius 3 is 2.75 bits per heavy atom. The molecule has 1 heterocycles. The maximum atomic E-state index is 10.6. The van der Waals surface area contributed by atoms with Crippen LogP contribution in [-0.4, -0.2) is 16.1 Å². The number of halogens is 1. The molecule has 0 aromatic carbocycles. The first-order valence-corrected chi connectivity index (χ1v) is 3.57. The molecule has 1 aromatic heterocycles. The smallest absolute Gasteiger partial charge is 0.307 e. The lowest BCUT2D eigenvalue weighted by molar-refractivity contribution is -0.136. The zero-order valence-electron chi connectivity index (χ0n) is 6.00. The number of carboxylic acids is 1. The number of hydrogen-bond donors (Lipinski definition) is 2. The molecule has 12 heavy (non-hydrogen) atoms. The first-order chi connectivity index (χ1) is 5.59. The SMILES string of the molecule is O=C(O)Cc1ccc(=O)[nH]c1Cl. The van der Waals surface area contributed by atoms with E-state index in [4.69, 9.17) is 16.7 Å². The van der Waals surface area contributed by atoms with Crippen LogP contribution in [0.5, 0.6) is 0 Å². The van der Waals surface area contributed by atoms with Gasteiger partial charge < -0.3 is 10.1 Å². The second-order valence-electron chi connectivity index (χ2n) is 2.23. The van der Waals surface area contributed by atoms with Crippen LogP contribution in [0.3, 0.4) is 0 Å². The van der Waals surface area contributed by atoms with Crippen molar-refractivity contribution < 1.29 is 9.90 Å². The Labute approximate surface area is 72.8 Å². The van der Waals surface area contributed by atoms with Crippen molar-refractivity contribution in [3.63, 3.8) is 0 Å². The molecule has 2 N–H and O–H groups in total. The van der Waals surface area contributed by atoms with E-state index in [1.807, 2.05) is 0 Å². The standard InChI is InChI=1S/C7H6ClNO3/c8-7-4(3-6(11)12)1-2-5(10)9-7/h1-2H,3H2,(H,9,10)(H,11,12). The van der Waals surface area contributed by atoms with Crippen molar-refractivity contribution in [3.05, 3.63) is 33.2 Å². The molecule has 5 heteroatoms. The molecule has 0 radical (unpaired) electrons. The molecule has 0 atom stereocenters. The van der Waals surface area contributed by atoms with E-state index in [1.54, 1.807) is 0 Å². The van der Waals surface area contributed by atoms with E-state index >= 15 is 0 Å². The van der Waals surface area contributed by atoms with Crippen LogP contribution in [0, 0.1) is 0 Å². The minimum absolute atomic E-state index is 0.0879. The molecule has 0 bridgehead atoms. The Kier molecular flexibility index (Phi) is 2.50. The van der Waals surface area contributed by atoms with Crippen LogP contribution in [0.15, 0.2) is 16.9 Å². The normalized spacial score (nSPS) is 9.75. The number of carbonyl (C=O) groups is 1. The molecule has 64 valence electrons. The molecule has 0 fully saturated rings. The third-order valence-corrected chi connectivity index (χ3v) is 1.63. The van der Waals surface area contributed by atoms with Gasteiger partial charge in [0.2, 0.25) is 5.56 Å². The average molecular weight is 188 g/mol. The van der Waals surface area contributed by atoms with Crippen molar-refractivity contribution in [3.8, 4) is 0 Å². The van der Waals surface area contributed by atoms with Crippen LogP contribution in [-0.2, 0) is 11.2 Å². The highest BCUT2D eigenvalue weighted by Crippen LogP contribution is 2.09. The predicted octanol–water partition coefficient (Wildman–Crippen LogP) is 0.655. The molecule has 0 aliphatic carbocycles. The van der Waals surface area contributed by atoms with E-state index < -0.39 is 5.97 Å². The topological polar surface area (TPSA) is 70.2 Å². The van der Waals surface area contributed by atoms with Gasteiger partial charge in [-0.25, -0.2) is 0 Å². The van der Waals surface area contributed by atoms with Crippen molar-refractivity contribution >= 4 is 17.6 Å². The van der Waals surface area contributed by atoms with Crippen LogP contribution >= 0.6 is 11.6 Å². The summed E-state index contributed by atoms with van der Waals surface area (Å²) in [6.45, 7) is 0. The number of aliphatic carboxylic acids is 1. The summed E-state index contributed by atoms with van der Waals surface area (Å²) in [5, 5.41) is 8.50. The van der Waals surface area contributed by atoms with Gasteiger partial charge in [0.05, 0.1) is 6.42 Å². The maximum absolute atomic E-state index is 10.6. The molecular formula is C7H6ClNO3. The van der Waals surface area contributed by atoms with Gasteiger partial charge in [0, 0.05) is 6.07 Å². The highest BCUT2D eigenvalue weighted by Gasteiger charge is 2.04. The maximum Gasteiger partial charge on any atom is 0.307 e. The second kappa shape index (κ2) is 3.40. The summed E-state index contributed by atoms with van der Waals surface area (Å²) in [6, 6.07) is 2.64. The average Bonchev–Trinajstić information content (AvgIpc) is 1.94. The first kappa shape index (κ1) is 8.80. The van der Waals surface area contributed by atoms with E-state index in [0.717, 1.165) is 0 Å². The van der Waals surface area contributed by atoms with Gasteiger partial charge in [0.15, 0.2) is 0 Å². The summed E-state index contributed by atoms with van der Waals surface area (Å²) in [6.07, 6.45) is -0.185. The summed E-state index contributed by atoms with van der Waals surface area (Å²) in [5.41, 5.74) is 0.0675. The lowest BCUT2D eigenvalue weighted by atomic mass is 10.2. The minimum Gasteiger partial charge on any atom is -0.481 e. The molecule has 0 aliphatic rings. The van der Waals surface area contributed by atoms with Gasteiger partial charge >= 0.3 is 5.97 Å². The summed E-state index contributed by atoms with van der Waals surface area (Å²) >= 11 is 5.55. The number of hydrogen-bond acceptors (Lipinski definition) is 2. The zero-order chi connectivity index (χ0) is 9.14. The van der Waals surface area contributed by atoms with Crippen LogP contribution in [0.25, 0.3) is 0 Å². The number of carboxylic acid groups (broad SMARTS) is 1. The van der Waals surface area contributed by atoms with Gasteiger partial charge in [-0.2, -0.15) is 0 Å². The van der Waals surface area contributed by atoms with Gasteiger partial charge in [0.25, 0.3) is 0 Å². The fraction of sp³-hybridized carbons (Fsp3) is 0.143. The van der Waals surface area contributed by atoms with Gasteiger partial charge in [-0.1, -0.05) is 11.6 Å². The largest absolute Gasteiger partial charge is 0.481 e. The van der Waals surface area contributed by atoms with Crippen LogP contribution in [0.2, 0.25) is 5.15 Å². The van der Waals surface area contributed by atoms with E-state index in [0.29, 0.717) is 5.56 Å². The van der Waals surface area contributed by atoms with Crippen molar-refractivity contribution in [2.75, 3.05) is 0 Å². The Balaban J connectivity index is 3.01. The molecule has 4 nitrogen and oxygen atoms in total. The number of H-pyrrole nitrogens is 1. The van der Waals surface area contributed by atoms with Crippen LogP contribution in [0.1, 0.15) is 5.56 Å². The molecule has 0 amide bonds. The first-order valence-electron chi connectivity index (χ1n) is 3.19. The molecular weight excluding hydrogens is 182 g/mol. The lowest BCUT2D eigenvalue weighted by Gasteiger charge is -1.97. The fourth-order valence-corrected chi connectivity index (χ4v) is 1.00. The summed E-state index contributed by atoms with van der Waals surface area (Å²) in [7, 11) is 0. The Morgan fingerprint density at radius 1 is 1.58 bits per heavy atom. The summed E-state index contributed by atoms with van der Waals surface area (Å²) < 4.78 is 0. The van der Waals surface area contributed by atoms with E-state index in [2.05, 4.69) is 4.98 Å². The number of rotatable bonds is 2. The van der Waals surface area contributed by atoms with E-state index in [1.165, 1.54) is 12.1 Å². The van der Waals surface area contributed by atoms with Gasteiger partial charge in [-0.15, -0.1) is 0 Å². The van der Waals surface area contributed by atoms with Crippen LogP contribution in [0.4, 0.5) is 0 Å². The van der Waals surface area contributed by atoms with Gasteiger partial charge in [0.1, 0.15) is 5.15 Å². The highest BCUT2D eigenvalue weighted by atomic mass is 35.5. The van der Waals surface area contributed by atoms with Crippen molar-refractivity contribution in [1.82, 2.24) is 4.98 Å². The van der Waals surface area contributed by atoms with Crippen molar-refractivity contribution in [2.24, 2.45) is 0 Å². The molecule has 1 rings (SSSR count). The third kappa shape index (κ3) is 2.10. The molecule has 0 saturated carbocycles. The third-order valence-electron chi connectivity index (χ3n) is 1.29. The number of pyridine rings is 1. The summed E-state index contributed by atoms with van der Waals surface area (Å²) in [4.78, 5) is 23.2. The van der Waals surface area contributed by atoms with E-state index in [9.17, 15) is 9.59 Å². The monoisotopic (exact) mass is 187 g/mol. The van der Waals surface area contributed by atoms with Crippen molar-refractivity contribution in [1.29, 1.82) is 0 Å². The number of nitrogens with one attached hydrogen (secondary N) is 1. The van der Waals surface area contributed by atoms with E-state index in [-0.39, 0.29) is 17.1 Å². The predicted molar refractivity (Wildman–Crippen MR) is 43.4 cm³/mol. The fourth-order valence-electron chi connectivity index (χ4n) is 0.779. The lowest BCUT2D eigenvalue weighted by Crippen LogP contribution is -2.08. The van der Waals surface area contributed by atoms with Crippen LogP contribution < -0.4 is 5.56 Å². The number of aromatic nitrogens is 1. The zero-order valence-corrected chi connectivity index (χ0v) is 6.76. The van der Waals surface area contributed by atoms with Gasteiger partial charge in [-0.05, 0) is 11.6 Å². The molecule has 0 spiro atoms. The quantitative estimate of drug-likeness (QED) is 0.668. The minimum atomic E-state index is -0.982. The molecule has 0 unspecified atom stereocenters. The highest BCUT2D eigenvalue weighted by molar-refractivity contribution is 6.30. The Bertz CT molecular complexity index is 358. The Hall–Kier alpha value is -1.29. The summed E-state index contributed by atoms with van der Waals surface area (Å²) in [5.74, 6) is -0.982. The molecule has 1 aromatic rings. The second-order valence-corrected chi connectivity index (χ2v) is 2.61. The number of aromatic amines is 1. The van der Waals surface area contributed by atoms with Gasteiger partial charge in [-0.3, -0.25) is 9.59 Å². The Morgan fingerprint density at radius 2 is 2.25 bits per heavy atom. The van der Waals surface area contributed by atoms with Crippen molar-refractivity contribution in [2.45, 2.75) is 6.42 Å².